The van der Waals surface area contributed by atoms with Crippen LogP contribution in [0.3, 0.4) is 0 Å². The van der Waals surface area contributed by atoms with Crippen molar-refractivity contribution in [1.82, 2.24) is 0 Å². The summed E-state index contributed by atoms with van der Waals surface area (Å²) >= 11 is 0. The van der Waals surface area contributed by atoms with Crippen LogP contribution in [0.25, 0.3) is 28.2 Å². The summed E-state index contributed by atoms with van der Waals surface area (Å²) in [5.41, 5.74) is 6.62. The number of hydrogen-bond acceptors (Lipinski definition) is 4. The van der Waals surface area contributed by atoms with Crippen LogP contribution in [0.15, 0.2) is 114 Å². The summed E-state index contributed by atoms with van der Waals surface area (Å²) in [6, 6.07) is 35.0. The summed E-state index contributed by atoms with van der Waals surface area (Å²) in [6.07, 6.45) is 5.13. The van der Waals surface area contributed by atoms with Crippen LogP contribution in [0, 0.1) is 0 Å². The normalized spacial score (nSPS) is 14.5. The van der Waals surface area contributed by atoms with E-state index in [1.54, 1.807) is 0 Å². The van der Waals surface area contributed by atoms with Crippen LogP contribution in [0.1, 0.15) is 11.3 Å². The van der Waals surface area contributed by atoms with Crippen LogP contribution >= 0.6 is 0 Å². The van der Waals surface area contributed by atoms with E-state index in [9.17, 15) is 0 Å². The van der Waals surface area contributed by atoms with Crippen molar-refractivity contribution >= 4 is 36.1 Å². The summed E-state index contributed by atoms with van der Waals surface area (Å²) in [5.74, 6) is 1.51. The van der Waals surface area contributed by atoms with Crippen LogP contribution < -0.4 is 9.55 Å². The van der Waals surface area contributed by atoms with Gasteiger partial charge in [0.1, 0.15) is 17.1 Å². The van der Waals surface area contributed by atoms with E-state index in [0.717, 1.165) is 45.7 Å². The summed E-state index contributed by atoms with van der Waals surface area (Å²) < 4.78 is 11.3. The van der Waals surface area contributed by atoms with E-state index in [-0.39, 0.29) is 6.04 Å². The van der Waals surface area contributed by atoms with Gasteiger partial charge in [0.25, 0.3) is 0 Å². The van der Waals surface area contributed by atoms with E-state index >= 15 is 0 Å². The number of furan rings is 1. The molecule has 0 saturated carbocycles. The van der Waals surface area contributed by atoms with Gasteiger partial charge in [0.15, 0.2) is 0 Å². The molecule has 1 N–H and O–H groups in total. The van der Waals surface area contributed by atoms with Crippen molar-refractivity contribution in [3.63, 3.8) is 0 Å². The maximum atomic E-state index is 9.03. The smallest absolute Gasteiger partial charge is 0.537 e. The molecule has 1 radical (unpaired) electrons. The van der Waals surface area contributed by atoms with Gasteiger partial charge in [0, 0.05) is 34.3 Å². The van der Waals surface area contributed by atoms with Crippen LogP contribution in [-0.4, -0.2) is 18.8 Å². The largest absolute Gasteiger partial charge is 0.569 e. The van der Waals surface area contributed by atoms with Gasteiger partial charge in [-0.3, -0.25) is 0 Å². The van der Waals surface area contributed by atoms with Crippen molar-refractivity contribution < 1.29 is 14.1 Å². The Morgan fingerprint density at radius 1 is 0.829 bits per heavy atom. The Bertz CT molecular complexity index is 1490. The lowest BCUT2D eigenvalue weighted by Crippen LogP contribution is -2.33. The lowest BCUT2D eigenvalue weighted by Gasteiger charge is -2.35. The van der Waals surface area contributed by atoms with Crippen molar-refractivity contribution in [3.05, 3.63) is 121 Å². The Morgan fingerprint density at radius 3 is 2.40 bits per heavy atom. The predicted molar refractivity (Wildman–Crippen MR) is 142 cm³/mol. The molecule has 1 unspecified atom stereocenters. The first-order valence-corrected chi connectivity index (χ1v) is 11.7. The average molecular weight is 456 g/mol. The van der Waals surface area contributed by atoms with Gasteiger partial charge in [0.05, 0.1) is 6.04 Å². The third-order valence-corrected chi connectivity index (χ3v) is 6.50. The highest BCUT2D eigenvalue weighted by Gasteiger charge is 2.27. The number of anilines is 2. The number of benzene rings is 4. The molecule has 169 valence electrons. The molecule has 0 bridgehead atoms. The number of para-hydroxylation sites is 2. The first-order chi connectivity index (χ1) is 17.3. The third-order valence-electron chi connectivity index (χ3n) is 6.50. The summed E-state index contributed by atoms with van der Waals surface area (Å²) in [7, 11) is 0.701. The fraction of sp³-hybridized carbons (Fsp3) is 0.0667. The van der Waals surface area contributed by atoms with Gasteiger partial charge >= 0.3 is 7.69 Å². The molecular formula is C30H23BNO3. The van der Waals surface area contributed by atoms with Gasteiger partial charge in [-0.05, 0) is 48.0 Å². The minimum atomic E-state index is 0.0736. The van der Waals surface area contributed by atoms with Gasteiger partial charge in [-0.1, -0.05) is 72.8 Å². The van der Waals surface area contributed by atoms with E-state index in [4.69, 9.17) is 14.1 Å². The van der Waals surface area contributed by atoms with Crippen molar-refractivity contribution in [3.8, 4) is 16.9 Å². The van der Waals surface area contributed by atoms with Crippen LogP contribution in [-0.2, 0) is 6.42 Å². The topological polar surface area (TPSA) is 45.8 Å². The third kappa shape index (κ3) is 4.00. The molecule has 0 spiro atoms. The quantitative estimate of drug-likeness (QED) is 0.286. The molecule has 0 fully saturated rings. The van der Waals surface area contributed by atoms with Crippen molar-refractivity contribution in [1.29, 1.82) is 0 Å². The highest BCUT2D eigenvalue weighted by atomic mass is 16.5. The molecule has 0 saturated heterocycles. The molecule has 4 nitrogen and oxygen atoms in total. The summed E-state index contributed by atoms with van der Waals surface area (Å²) in [5, 5.41) is 10.2. The van der Waals surface area contributed by atoms with Gasteiger partial charge < -0.3 is 19.0 Å². The van der Waals surface area contributed by atoms with E-state index < -0.39 is 0 Å². The first-order valence-electron chi connectivity index (χ1n) is 11.7. The number of rotatable bonds is 6. The predicted octanol–water partition coefficient (Wildman–Crippen LogP) is 6.78. The molecule has 0 amide bonds. The van der Waals surface area contributed by atoms with Gasteiger partial charge in [-0.15, -0.1) is 0 Å². The summed E-state index contributed by atoms with van der Waals surface area (Å²) in [4.78, 5) is 2.37. The second-order valence-corrected chi connectivity index (χ2v) is 8.54. The highest BCUT2D eigenvalue weighted by molar-refractivity contribution is 6.17. The summed E-state index contributed by atoms with van der Waals surface area (Å²) in [6.45, 7) is 0. The monoisotopic (exact) mass is 456 g/mol. The van der Waals surface area contributed by atoms with Crippen LogP contribution in [0.5, 0.6) is 5.75 Å². The van der Waals surface area contributed by atoms with Gasteiger partial charge in [-0.25, -0.2) is 0 Å². The van der Waals surface area contributed by atoms with E-state index in [1.165, 1.54) is 5.56 Å². The second kappa shape index (κ2) is 9.20. The van der Waals surface area contributed by atoms with Crippen LogP contribution in [0.2, 0.25) is 0 Å². The maximum absolute atomic E-state index is 9.03. The highest BCUT2D eigenvalue weighted by Crippen LogP contribution is 2.40. The SMILES string of the molecule is O[B]Oc1ccc(N(c2ccccc2-c2ccccc2)C2C=Cc3oc4ccccc4c3C2)cc1. The van der Waals surface area contributed by atoms with Crippen molar-refractivity contribution in [2.45, 2.75) is 12.5 Å². The molecule has 0 aliphatic heterocycles. The fourth-order valence-electron chi connectivity index (χ4n) is 4.92. The first kappa shape index (κ1) is 21.3. The minimum absolute atomic E-state index is 0.0736. The standard InChI is InChI=1S/C30H23BNO3/c33-31-35-24-17-14-22(15-18-24)32(28-12-6-4-10-25(28)21-8-2-1-3-9-21)23-16-19-30-27(20-23)26-11-5-7-13-29(26)34-30/h1-19,23,33H,20H2. The van der Waals surface area contributed by atoms with Gasteiger partial charge in [-0.2, -0.15) is 0 Å². The lowest BCUT2D eigenvalue weighted by molar-refractivity contribution is 0.454. The molecule has 4 aromatic carbocycles. The number of hydrogen-bond donors (Lipinski definition) is 1. The molecule has 5 aromatic rings. The Morgan fingerprint density at radius 2 is 1.57 bits per heavy atom. The molecule has 5 heteroatoms. The second-order valence-electron chi connectivity index (χ2n) is 8.54. The zero-order valence-electron chi connectivity index (χ0n) is 19.0. The van der Waals surface area contributed by atoms with E-state index in [0.29, 0.717) is 13.4 Å². The number of nitrogens with zero attached hydrogens (tertiary/aromatic N) is 1. The molecule has 6 rings (SSSR count). The minimum Gasteiger partial charge on any atom is -0.537 e. The zero-order valence-corrected chi connectivity index (χ0v) is 19.0. The Kier molecular flexibility index (Phi) is 5.61. The van der Waals surface area contributed by atoms with Crippen molar-refractivity contribution in [2.75, 3.05) is 4.90 Å². The zero-order chi connectivity index (χ0) is 23.6. The number of fused-ring (bicyclic) bond motifs is 3. The molecule has 1 heterocycles. The van der Waals surface area contributed by atoms with Crippen LogP contribution in [0.4, 0.5) is 11.4 Å². The molecule has 1 aliphatic carbocycles. The lowest BCUT2D eigenvalue weighted by atomic mass is 9.94. The van der Waals surface area contributed by atoms with Crippen molar-refractivity contribution in [2.24, 2.45) is 0 Å². The Labute approximate surface area is 205 Å². The van der Waals surface area contributed by atoms with Gasteiger partial charge in [0.2, 0.25) is 0 Å². The molecule has 1 aromatic heterocycles. The maximum Gasteiger partial charge on any atom is 0.569 e. The molecular weight excluding hydrogens is 433 g/mol. The molecule has 1 aliphatic rings. The molecule has 35 heavy (non-hydrogen) atoms. The average Bonchev–Trinajstić information content (AvgIpc) is 3.29. The molecule has 1 atom stereocenters. The van der Waals surface area contributed by atoms with E-state index in [1.807, 2.05) is 42.5 Å². The Balaban J connectivity index is 1.48. The fourth-order valence-corrected chi connectivity index (χ4v) is 4.92. The van der Waals surface area contributed by atoms with E-state index in [2.05, 4.69) is 77.7 Å². The Hall–Kier alpha value is -4.22.